The Bertz CT molecular complexity index is 1940. The zero-order chi connectivity index (χ0) is 30.8. The van der Waals surface area contributed by atoms with Gasteiger partial charge in [0.2, 0.25) is 0 Å². The topological polar surface area (TPSA) is 123 Å². The molecule has 4 N–H and O–H groups in total. The lowest BCUT2D eigenvalue weighted by Gasteiger charge is -2.12. The van der Waals surface area contributed by atoms with Crippen molar-refractivity contribution in [2.45, 2.75) is 32.2 Å². The molecule has 1 saturated carbocycles. The van der Waals surface area contributed by atoms with Crippen molar-refractivity contribution in [2.75, 3.05) is 39.0 Å². The average molecular weight is 605 g/mol. The summed E-state index contributed by atoms with van der Waals surface area (Å²) in [4.78, 5) is 24.0. The van der Waals surface area contributed by atoms with Crippen LogP contribution in [0.1, 0.15) is 31.2 Å². The number of aromatic amines is 2. The summed E-state index contributed by atoms with van der Waals surface area (Å²) in [5.74, 6) is 1.07. The molecule has 0 amide bonds. The molecule has 0 radical (unpaired) electrons. The number of likely N-dealkylation sites (N-methyl/N-ethyl adjacent to an activating group) is 1. The van der Waals surface area contributed by atoms with Crippen LogP contribution < -0.4 is 10.6 Å². The molecule has 230 valence electrons. The van der Waals surface area contributed by atoms with Crippen LogP contribution in [0, 0.1) is 11.7 Å². The molecule has 0 spiro atoms. The third kappa shape index (κ3) is 6.40. The smallest absolute Gasteiger partial charge is 0.181 e. The summed E-state index contributed by atoms with van der Waals surface area (Å²) in [6.45, 7) is 3.38. The van der Waals surface area contributed by atoms with Gasteiger partial charge in [-0.2, -0.15) is 5.10 Å². The van der Waals surface area contributed by atoms with Crippen LogP contribution in [-0.4, -0.2) is 73.7 Å². The number of H-pyrrole nitrogens is 2. The molecule has 1 aliphatic carbocycles. The first-order chi connectivity index (χ1) is 22.0. The van der Waals surface area contributed by atoms with Crippen LogP contribution in [0.5, 0.6) is 0 Å². The van der Waals surface area contributed by atoms with E-state index in [1.54, 1.807) is 12.4 Å². The highest BCUT2D eigenvalue weighted by Gasteiger charge is 2.18. The number of fused-ring (bicyclic) bond motifs is 2. The number of anilines is 1. The molecular weight excluding hydrogens is 567 g/mol. The highest BCUT2D eigenvalue weighted by atomic mass is 19.1. The van der Waals surface area contributed by atoms with Crippen LogP contribution in [0.2, 0.25) is 0 Å². The number of aromatic nitrogens is 7. The third-order valence-corrected chi connectivity index (χ3v) is 8.50. The molecule has 0 atom stereocenters. The normalized spacial score (nSPS) is 13.9. The molecule has 1 aromatic carbocycles. The Morgan fingerprint density at radius 3 is 2.64 bits per heavy atom. The fourth-order valence-corrected chi connectivity index (χ4v) is 6.15. The van der Waals surface area contributed by atoms with Gasteiger partial charge in [-0.15, -0.1) is 0 Å². The van der Waals surface area contributed by atoms with Crippen molar-refractivity contribution in [3.05, 3.63) is 72.7 Å². The molecule has 0 unspecified atom stereocenters. The minimum atomic E-state index is -0.325. The van der Waals surface area contributed by atoms with E-state index in [2.05, 4.69) is 57.8 Å². The summed E-state index contributed by atoms with van der Waals surface area (Å²) in [5.41, 5.74) is 7.96. The fourth-order valence-electron chi connectivity index (χ4n) is 6.15. The Kier molecular flexibility index (Phi) is 8.19. The molecule has 0 aliphatic heterocycles. The number of rotatable bonds is 11. The number of nitrogens with zero attached hydrogens (tertiary/aromatic N) is 6. The Morgan fingerprint density at radius 2 is 1.78 bits per heavy atom. The monoisotopic (exact) mass is 604 g/mol. The standard InChI is InChI=1S/C34H37FN10/c1-45(2)8-7-39-27-11-23(10-26(35)13-27)29-19-38-20-30-31(29)42-34(41-30)32-28-12-25(18-40-33(28)44-43-32)24-9-22(16-37-17-24)15-36-14-21-5-3-4-6-21/h9-13,16-21,36,39H,3-8,14-15H2,1-2H3,(H,41,42)(H,40,43,44). The Balaban J connectivity index is 1.17. The number of halogens is 1. The first-order valence-corrected chi connectivity index (χ1v) is 15.5. The van der Waals surface area contributed by atoms with E-state index in [9.17, 15) is 4.39 Å². The lowest BCUT2D eigenvalue weighted by Crippen LogP contribution is -2.20. The van der Waals surface area contributed by atoms with Crippen LogP contribution in [0.3, 0.4) is 0 Å². The summed E-state index contributed by atoms with van der Waals surface area (Å²) in [5, 5.41) is 15.3. The molecule has 0 bridgehead atoms. The lowest BCUT2D eigenvalue weighted by atomic mass is 10.1. The van der Waals surface area contributed by atoms with E-state index >= 15 is 0 Å². The number of hydrogen-bond acceptors (Lipinski definition) is 8. The molecule has 7 rings (SSSR count). The van der Waals surface area contributed by atoms with Crippen molar-refractivity contribution in [1.29, 1.82) is 0 Å². The molecular formula is C34H37FN10. The van der Waals surface area contributed by atoms with Crippen molar-refractivity contribution in [2.24, 2.45) is 5.92 Å². The second kappa shape index (κ2) is 12.7. The number of hydrogen-bond donors (Lipinski definition) is 4. The second-order valence-electron chi connectivity index (χ2n) is 12.2. The first-order valence-electron chi connectivity index (χ1n) is 15.5. The van der Waals surface area contributed by atoms with Crippen LogP contribution in [0.25, 0.3) is 55.8 Å². The van der Waals surface area contributed by atoms with Crippen LogP contribution >= 0.6 is 0 Å². The van der Waals surface area contributed by atoms with Gasteiger partial charge in [0.05, 0.1) is 22.6 Å². The van der Waals surface area contributed by atoms with Gasteiger partial charge in [-0.1, -0.05) is 12.8 Å². The van der Waals surface area contributed by atoms with E-state index in [-0.39, 0.29) is 5.82 Å². The molecule has 5 heterocycles. The summed E-state index contributed by atoms with van der Waals surface area (Å²) >= 11 is 0. The van der Waals surface area contributed by atoms with Crippen LogP contribution in [0.15, 0.2) is 61.3 Å². The van der Waals surface area contributed by atoms with Gasteiger partial charge < -0.3 is 20.5 Å². The summed E-state index contributed by atoms with van der Waals surface area (Å²) < 4.78 is 14.7. The largest absolute Gasteiger partial charge is 0.384 e. The first kappa shape index (κ1) is 29.0. The third-order valence-electron chi connectivity index (χ3n) is 8.50. The van der Waals surface area contributed by atoms with E-state index in [0.717, 1.165) is 58.7 Å². The van der Waals surface area contributed by atoms with Crippen LogP contribution in [-0.2, 0) is 6.54 Å². The molecule has 11 heteroatoms. The van der Waals surface area contributed by atoms with E-state index in [1.807, 2.05) is 38.8 Å². The van der Waals surface area contributed by atoms with Gasteiger partial charge in [0.1, 0.15) is 11.5 Å². The predicted octanol–water partition coefficient (Wildman–Crippen LogP) is 6.02. The zero-order valence-electron chi connectivity index (χ0n) is 25.6. The molecule has 5 aromatic heterocycles. The van der Waals surface area contributed by atoms with E-state index in [1.165, 1.54) is 37.8 Å². The quantitative estimate of drug-likeness (QED) is 0.142. The summed E-state index contributed by atoms with van der Waals surface area (Å²) in [6, 6.07) is 9.17. The maximum absolute atomic E-state index is 14.7. The van der Waals surface area contributed by atoms with Gasteiger partial charge >= 0.3 is 0 Å². The predicted molar refractivity (Wildman–Crippen MR) is 176 cm³/mol. The summed E-state index contributed by atoms with van der Waals surface area (Å²) in [6.07, 6.45) is 14.4. The number of pyridine rings is 3. The van der Waals surface area contributed by atoms with Gasteiger partial charge in [-0.25, -0.2) is 14.4 Å². The Labute approximate surface area is 260 Å². The van der Waals surface area contributed by atoms with E-state index in [4.69, 9.17) is 4.98 Å². The molecule has 6 aromatic rings. The Hall–Kier alpha value is -4.74. The fraction of sp³-hybridized carbons (Fsp3) is 0.324. The maximum atomic E-state index is 14.7. The number of imidazole rings is 1. The molecule has 45 heavy (non-hydrogen) atoms. The van der Waals surface area contributed by atoms with Gasteiger partial charge in [-0.05, 0) is 80.9 Å². The number of nitrogens with one attached hydrogen (secondary N) is 4. The lowest BCUT2D eigenvalue weighted by molar-refractivity contribution is 0.425. The van der Waals surface area contributed by atoms with Crippen molar-refractivity contribution in [1.82, 2.24) is 45.3 Å². The van der Waals surface area contributed by atoms with Crippen molar-refractivity contribution in [3.8, 4) is 33.8 Å². The molecule has 10 nitrogen and oxygen atoms in total. The maximum Gasteiger partial charge on any atom is 0.181 e. The van der Waals surface area contributed by atoms with Crippen LogP contribution in [0.4, 0.5) is 10.1 Å². The Morgan fingerprint density at radius 1 is 0.933 bits per heavy atom. The highest BCUT2D eigenvalue weighted by Crippen LogP contribution is 2.33. The molecule has 1 fully saturated rings. The molecule has 1 aliphatic rings. The van der Waals surface area contributed by atoms with Gasteiger partial charge in [0.15, 0.2) is 11.5 Å². The average Bonchev–Trinajstić information content (AvgIpc) is 3.80. The van der Waals surface area contributed by atoms with Crippen molar-refractivity contribution in [3.63, 3.8) is 0 Å². The second-order valence-corrected chi connectivity index (χ2v) is 12.2. The molecule has 0 saturated heterocycles. The van der Waals surface area contributed by atoms with Crippen molar-refractivity contribution >= 4 is 27.8 Å². The van der Waals surface area contributed by atoms with Gasteiger partial charge in [0, 0.05) is 66.8 Å². The van der Waals surface area contributed by atoms with Gasteiger partial charge in [-0.3, -0.25) is 15.1 Å². The van der Waals surface area contributed by atoms with Crippen molar-refractivity contribution < 1.29 is 4.39 Å². The number of benzene rings is 1. The SMILES string of the molecule is CN(C)CCNc1cc(F)cc(-c2cncc3[nH]c(-c4[nH]nc5ncc(-c6cncc(CNCC7CCCC7)c6)cc45)nc23)c1. The minimum Gasteiger partial charge on any atom is -0.384 e. The summed E-state index contributed by atoms with van der Waals surface area (Å²) in [7, 11) is 4.01. The zero-order valence-corrected chi connectivity index (χ0v) is 25.6. The van der Waals surface area contributed by atoms with Gasteiger partial charge in [0.25, 0.3) is 0 Å². The highest BCUT2D eigenvalue weighted by molar-refractivity contribution is 5.97. The van der Waals surface area contributed by atoms with E-state index in [0.29, 0.717) is 40.5 Å². The minimum absolute atomic E-state index is 0.325. The van der Waals surface area contributed by atoms with E-state index < -0.39 is 0 Å².